The number of nitrogens with one attached hydrogen (secondary N) is 1. The summed E-state index contributed by atoms with van der Waals surface area (Å²) in [6.07, 6.45) is 2.07. The van der Waals surface area contributed by atoms with E-state index in [0.717, 1.165) is 66.3 Å². The fourth-order valence-corrected chi connectivity index (χ4v) is 4.94. The number of fused-ring (bicyclic) bond motifs is 1. The molecule has 5 rings (SSSR count). The number of halogens is 1. The lowest BCUT2D eigenvalue weighted by Gasteiger charge is -2.32. The molecule has 186 valence electrons. The molecule has 0 saturated carbocycles. The monoisotopic (exact) mass is 502 g/mol. The first-order valence-electron chi connectivity index (χ1n) is 12.5. The Kier molecular flexibility index (Phi) is 7.54. The average Bonchev–Trinajstić information content (AvgIpc) is 3.24. The summed E-state index contributed by atoms with van der Waals surface area (Å²) in [6.45, 7) is 5.47. The lowest BCUT2D eigenvalue weighted by Crippen LogP contribution is -2.40. The molecule has 7 heteroatoms. The van der Waals surface area contributed by atoms with Gasteiger partial charge in [0, 0.05) is 17.3 Å². The van der Waals surface area contributed by atoms with Crippen LogP contribution in [0.5, 0.6) is 5.75 Å². The van der Waals surface area contributed by atoms with Gasteiger partial charge in [-0.1, -0.05) is 48.0 Å². The van der Waals surface area contributed by atoms with Gasteiger partial charge in [0.2, 0.25) is 5.91 Å². The van der Waals surface area contributed by atoms with E-state index in [9.17, 15) is 4.79 Å². The fraction of sp³-hybridized carbons (Fsp3) is 0.310. The molecular weight excluding hydrogens is 472 g/mol. The summed E-state index contributed by atoms with van der Waals surface area (Å²) < 4.78 is 8.34. The largest absolute Gasteiger partial charge is 0.486 e. The molecule has 0 atom stereocenters. The van der Waals surface area contributed by atoms with Crippen molar-refractivity contribution in [1.82, 2.24) is 14.5 Å². The summed E-state index contributed by atoms with van der Waals surface area (Å²) in [7, 11) is 0. The van der Waals surface area contributed by atoms with Crippen molar-refractivity contribution < 1.29 is 9.53 Å². The molecule has 0 unspecified atom stereocenters. The number of aromatic nitrogens is 2. The van der Waals surface area contributed by atoms with E-state index in [-0.39, 0.29) is 5.91 Å². The number of likely N-dealkylation sites (tertiary alicyclic amines) is 1. The van der Waals surface area contributed by atoms with E-state index in [1.165, 1.54) is 0 Å². The number of carbonyl (C=O) groups excluding carboxylic acids is 1. The van der Waals surface area contributed by atoms with E-state index in [4.69, 9.17) is 21.3 Å². The number of hydrogen-bond acceptors (Lipinski definition) is 4. The molecule has 1 saturated heterocycles. The number of hydrogen-bond donors (Lipinski definition) is 1. The molecule has 36 heavy (non-hydrogen) atoms. The highest BCUT2D eigenvalue weighted by molar-refractivity contribution is 6.31. The minimum atomic E-state index is -0.00526. The van der Waals surface area contributed by atoms with Crippen molar-refractivity contribution in [3.8, 4) is 5.75 Å². The quantitative estimate of drug-likeness (QED) is 0.324. The Morgan fingerprint density at radius 1 is 1.06 bits per heavy atom. The molecule has 0 bridgehead atoms. The predicted octanol–water partition coefficient (Wildman–Crippen LogP) is 5.93. The molecule has 1 amide bonds. The van der Waals surface area contributed by atoms with Crippen LogP contribution in [0.4, 0.5) is 5.69 Å². The zero-order valence-electron chi connectivity index (χ0n) is 20.5. The number of carbonyl (C=O) groups is 1. The number of piperidine rings is 1. The van der Waals surface area contributed by atoms with Crippen LogP contribution >= 0.6 is 11.6 Å². The lowest BCUT2D eigenvalue weighted by molar-refractivity contribution is -0.117. The highest BCUT2D eigenvalue weighted by atomic mass is 35.5. The Hall–Kier alpha value is -3.35. The minimum absolute atomic E-state index is 0.00526. The Morgan fingerprint density at radius 3 is 2.58 bits per heavy atom. The third-order valence-corrected chi connectivity index (χ3v) is 7.22. The first kappa shape index (κ1) is 24.3. The number of ether oxygens (including phenoxy) is 1. The first-order valence-corrected chi connectivity index (χ1v) is 12.8. The predicted molar refractivity (Wildman–Crippen MR) is 144 cm³/mol. The van der Waals surface area contributed by atoms with Gasteiger partial charge in [-0.2, -0.15) is 0 Å². The van der Waals surface area contributed by atoms with Gasteiger partial charge in [0.15, 0.2) is 0 Å². The summed E-state index contributed by atoms with van der Waals surface area (Å²) in [5.41, 5.74) is 3.87. The molecule has 2 heterocycles. The SMILES string of the molecule is Cc1ccc(NC(=O)CN2CCC(Cn3c(COc4ccccc4)nc4ccccc43)CC2)cc1Cl. The molecule has 6 nitrogen and oxygen atoms in total. The Balaban J connectivity index is 1.18. The van der Waals surface area contributed by atoms with Crippen molar-refractivity contribution in [3.05, 3.63) is 89.2 Å². The standard InChI is InChI=1S/C29H31ClN4O2/c1-21-11-12-23(17-25(21)30)31-29(35)19-33-15-13-22(14-16-33)18-34-27-10-6-5-9-26(27)32-28(34)20-36-24-7-3-2-4-8-24/h2-12,17,22H,13-16,18-20H2,1H3,(H,31,35). The molecule has 0 radical (unpaired) electrons. The second kappa shape index (κ2) is 11.1. The normalized spacial score (nSPS) is 14.7. The smallest absolute Gasteiger partial charge is 0.238 e. The summed E-state index contributed by atoms with van der Waals surface area (Å²) in [5.74, 6) is 2.30. The molecule has 1 aliphatic heterocycles. The Labute approximate surface area is 216 Å². The van der Waals surface area contributed by atoms with Crippen LogP contribution in [0.15, 0.2) is 72.8 Å². The third-order valence-electron chi connectivity index (χ3n) is 6.82. The number of amides is 1. The van der Waals surface area contributed by atoms with Crippen LogP contribution < -0.4 is 10.1 Å². The molecular formula is C29H31ClN4O2. The fourth-order valence-electron chi connectivity index (χ4n) is 4.76. The molecule has 0 spiro atoms. The first-order chi connectivity index (χ1) is 17.5. The molecule has 0 aliphatic carbocycles. The van der Waals surface area contributed by atoms with E-state index in [1.807, 2.05) is 55.5 Å². The van der Waals surface area contributed by atoms with Gasteiger partial charge >= 0.3 is 0 Å². The highest BCUT2D eigenvalue weighted by Gasteiger charge is 2.23. The lowest BCUT2D eigenvalue weighted by atomic mass is 9.96. The van der Waals surface area contributed by atoms with E-state index in [1.54, 1.807) is 6.07 Å². The van der Waals surface area contributed by atoms with E-state index in [0.29, 0.717) is 24.1 Å². The van der Waals surface area contributed by atoms with Crippen molar-refractivity contribution in [2.75, 3.05) is 25.0 Å². The van der Waals surface area contributed by atoms with Crippen LogP contribution in [0.1, 0.15) is 24.2 Å². The maximum Gasteiger partial charge on any atom is 0.238 e. The third kappa shape index (κ3) is 5.89. The van der Waals surface area contributed by atoms with Crippen molar-refractivity contribution in [2.45, 2.75) is 32.9 Å². The number of anilines is 1. The second-order valence-electron chi connectivity index (χ2n) is 9.46. The van der Waals surface area contributed by atoms with Crippen molar-refractivity contribution >= 4 is 34.2 Å². The van der Waals surface area contributed by atoms with Crippen LogP contribution in [-0.4, -0.2) is 40.0 Å². The van der Waals surface area contributed by atoms with Gasteiger partial charge in [0.1, 0.15) is 18.2 Å². The van der Waals surface area contributed by atoms with Crippen LogP contribution in [0.3, 0.4) is 0 Å². The second-order valence-corrected chi connectivity index (χ2v) is 9.87. The van der Waals surface area contributed by atoms with Gasteiger partial charge in [-0.25, -0.2) is 4.98 Å². The van der Waals surface area contributed by atoms with E-state index < -0.39 is 0 Å². The van der Waals surface area contributed by atoms with Crippen LogP contribution in [0.2, 0.25) is 5.02 Å². The van der Waals surface area contributed by atoms with Gasteiger partial charge in [0.05, 0.1) is 17.6 Å². The number of para-hydroxylation sites is 3. The maximum absolute atomic E-state index is 12.6. The summed E-state index contributed by atoms with van der Waals surface area (Å²) in [6, 6.07) is 23.7. The minimum Gasteiger partial charge on any atom is -0.486 e. The zero-order valence-corrected chi connectivity index (χ0v) is 21.2. The van der Waals surface area contributed by atoms with Gasteiger partial charge < -0.3 is 14.6 Å². The molecule has 4 aromatic rings. The number of nitrogens with zero attached hydrogens (tertiary/aromatic N) is 3. The molecule has 1 aromatic heterocycles. The molecule has 3 aromatic carbocycles. The van der Waals surface area contributed by atoms with Crippen LogP contribution in [0.25, 0.3) is 11.0 Å². The van der Waals surface area contributed by atoms with Gasteiger partial charge in [-0.15, -0.1) is 0 Å². The molecule has 1 N–H and O–H groups in total. The molecule has 1 aliphatic rings. The van der Waals surface area contributed by atoms with Crippen molar-refractivity contribution in [1.29, 1.82) is 0 Å². The Morgan fingerprint density at radius 2 is 1.81 bits per heavy atom. The van der Waals surface area contributed by atoms with Gasteiger partial charge in [-0.3, -0.25) is 9.69 Å². The number of benzene rings is 3. The number of aryl methyl sites for hydroxylation is 1. The van der Waals surface area contributed by atoms with E-state index >= 15 is 0 Å². The zero-order chi connectivity index (χ0) is 24.9. The van der Waals surface area contributed by atoms with Gasteiger partial charge in [-0.05, 0) is 80.7 Å². The summed E-state index contributed by atoms with van der Waals surface area (Å²) >= 11 is 6.19. The maximum atomic E-state index is 12.6. The van der Waals surface area contributed by atoms with Crippen LogP contribution in [-0.2, 0) is 17.9 Å². The number of rotatable bonds is 8. The number of imidazole rings is 1. The van der Waals surface area contributed by atoms with Gasteiger partial charge in [0.25, 0.3) is 0 Å². The average molecular weight is 503 g/mol. The topological polar surface area (TPSA) is 59.4 Å². The summed E-state index contributed by atoms with van der Waals surface area (Å²) in [4.78, 5) is 19.7. The Bertz CT molecular complexity index is 1330. The molecule has 1 fully saturated rings. The van der Waals surface area contributed by atoms with Crippen LogP contribution in [0, 0.1) is 12.8 Å². The summed E-state index contributed by atoms with van der Waals surface area (Å²) in [5, 5.41) is 3.63. The highest BCUT2D eigenvalue weighted by Crippen LogP contribution is 2.25. The van der Waals surface area contributed by atoms with Crippen molar-refractivity contribution in [3.63, 3.8) is 0 Å². The van der Waals surface area contributed by atoms with E-state index in [2.05, 4.69) is 33.0 Å². The van der Waals surface area contributed by atoms with Crippen molar-refractivity contribution in [2.24, 2.45) is 5.92 Å².